The highest BCUT2D eigenvalue weighted by Crippen LogP contribution is 2.22. The highest BCUT2D eigenvalue weighted by atomic mass is 16.3. The van der Waals surface area contributed by atoms with Gasteiger partial charge in [-0.3, -0.25) is 4.79 Å². The van der Waals surface area contributed by atoms with Gasteiger partial charge in [-0.1, -0.05) is 12.1 Å². The second-order valence-electron chi connectivity index (χ2n) is 6.15. The molecule has 3 rings (SSSR count). The standard InChI is InChI=1S/C18H23N5O2/c1-12-16(20-11-19-12)10-22(8-9-24)18(25)13(2)23-14(3)21-15-6-4-5-7-17(15)23/h4-7,11,13,24H,8-10H2,1-3H3,(H,19,20). The largest absolute Gasteiger partial charge is 0.395 e. The van der Waals surface area contributed by atoms with Crippen LogP contribution in [-0.2, 0) is 11.3 Å². The van der Waals surface area contributed by atoms with E-state index >= 15 is 0 Å². The van der Waals surface area contributed by atoms with E-state index in [0.29, 0.717) is 6.54 Å². The summed E-state index contributed by atoms with van der Waals surface area (Å²) in [6.07, 6.45) is 1.61. The maximum atomic E-state index is 13.1. The minimum absolute atomic E-state index is 0.0669. The number of hydrogen-bond donors (Lipinski definition) is 2. The van der Waals surface area contributed by atoms with E-state index in [2.05, 4.69) is 15.0 Å². The van der Waals surface area contributed by atoms with Gasteiger partial charge in [-0.25, -0.2) is 9.97 Å². The molecule has 0 aliphatic carbocycles. The summed E-state index contributed by atoms with van der Waals surface area (Å²) >= 11 is 0. The van der Waals surface area contributed by atoms with E-state index in [-0.39, 0.29) is 19.1 Å². The van der Waals surface area contributed by atoms with Gasteiger partial charge in [0.25, 0.3) is 0 Å². The van der Waals surface area contributed by atoms with Gasteiger partial charge in [0.15, 0.2) is 0 Å². The van der Waals surface area contributed by atoms with E-state index in [4.69, 9.17) is 0 Å². The number of aromatic amines is 1. The van der Waals surface area contributed by atoms with Crippen LogP contribution in [0.2, 0.25) is 0 Å². The van der Waals surface area contributed by atoms with Gasteiger partial charge in [0.2, 0.25) is 5.91 Å². The van der Waals surface area contributed by atoms with E-state index < -0.39 is 6.04 Å². The van der Waals surface area contributed by atoms with Crippen LogP contribution in [0.5, 0.6) is 0 Å². The van der Waals surface area contributed by atoms with E-state index in [9.17, 15) is 9.90 Å². The number of aliphatic hydroxyl groups is 1. The van der Waals surface area contributed by atoms with E-state index in [1.165, 1.54) is 0 Å². The van der Waals surface area contributed by atoms with Crippen molar-refractivity contribution in [3.63, 3.8) is 0 Å². The molecule has 1 atom stereocenters. The molecule has 0 saturated heterocycles. The average Bonchev–Trinajstić information content (AvgIpc) is 3.15. The molecule has 25 heavy (non-hydrogen) atoms. The van der Waals surface area contributed by atoms with Crippen molar-refractivity contribution in [1.82, 2.24) is 24.4 Å². The molecule has 0 spiro atoms. The number of hydrogen-bond acceptors (Lipinski definition) is 4. The van der Waals surface area contributed by atoms with Crippen LogP contribution in [0, 0.1) is 13.8 Å². The number of imidazole rings is 2. The van der Waals surface area contributed by atoms with Crippen molar-refractivity contribution < 1.29 is 9.90 Å². The molecule has 1 aromatic carbocycles. The third-order valence-electron chi connectivity index (χ3n) is 4.47. The van der Waals surface area contributed by atoms with Gasteiger partial charge < -0.3 is 19.6 Å². The molecule has 0 saturated carbocycles. The summed E-state index contributed by atoms with van der Waals surface area (Å²) in [6, 6.07) is 7.36. The Morgan fingerprint density at radius 3 is 2.80 bits per heavy atom. The zero-order chi connectivity index (χ0) is 18.0. The Hall–Kier alpha value is -2.67. The number of nitrogens with one attached hydrogen (secondary N) is 1. The first-order valence-corrected chi connectivity index (χ1v) is 8.35. The Kier molecular flexibility index (Phi) is 4.85. The molecule has 2 N–H and O–H groups in total. The minimum Gasteiger partial charge on any atom is -0.395 e. The van der Waals surface area contributed by atoms with Gasteiger partial charge in [0.05, 0.1) is 36.2 Å². The van der Waals surface area contributed by atoms with Crippen molar-refractivity contribution in [2.45, 2.75) is 33.4 Å². The van der Waals surface area contributed by atoms with Gasteiger partial charge in [0, 0.05) is 12.2 Å². The Morgan fingerprint density at radius 2 is 2.12 bits per heavy atom. The van der Waals surface area contributed by atoms with Crippen LogP contribution < -0.4 is 0 Å². The SMILES string of the molecule is Cc1[nH]cnc1CN(CCO)C(=O)C(C)n1c(C)nc2ccccc21. The lowest BCUT2D eigenvalue weighted by molar-refractivity contribution is -0.135. The lowest BCUT2D eigenvalue weighted by Gasteiger charge is -2.26. The predicted molar refractivity (Wildman–Crippen MR) is 95.0 cm³/mol. The summed E-state index contributed by atoms with van der Waals surface area (Å²) in [5, 5.41) is 9.38. The fraction of sp³-hybridized carbons (Fsp3) is 0.389. The molecule has 3 aromatic rings. The van der Waals surface area contributed by atoms with Crippen molar-refractivity contribution in [2.24, 2.45) is 0 Å². The molecule has 1 amide bonds. The number of carbonyl (C=O) groups is 1. The number of aromatic nitrogens is 4. The smallest absolute Gasteiger partial charge is 0.245 e. The molecule has 132 valence electrons. The normalized spacial score (nSPS) is 12.5. The maximum Gasteiger partial charge on any atom is 0.245 e. The Morgan fingerprint density at radius 1 is 1.36 bits per heavy atom. The maximum absolute atomic E-state index is 13.1. The van der Waals surface area contributed by atoms with E-state index in [1.807, 2.05) is 49.6 Å². The fourth-order valence-electron chi connectivity index (χ4n) is 3.14. The Balaban J connectivity index is 1.90. The lowest BCUT2D eigenvalue weighted by atomic mass is 10.2. The molecule has 2 heterocycles. The monoisotopic (exact) mass is 341 g/mol. The minimum atomic E-state index is -0.418. The summed E-state index contributed by atoms with van der Waals surface area (Å²) in [5.41, 5.74) is 3.53. The van der Waals surface area contributed by atoms with Gasteiger partial charge in [-0.15, -0.1) is 0 Å². The van der Waals surface area contributed by atoms with Gasteiger partial charge in [0.1, 0.15) is 11.9 Å². The number of nitrogens with zero attached hydrogens (tertiary/aromatic N) is 4. The topological polar surface area (TPSA) is 87.0 Å². The van der Waals surface area contributed by atoms with Crippen molar-refractivity contribution in [1.29, 1.82) is 0 Å². The summed E-state index contributed by atoms with van der Waals surface area (Å²) in [5.74, 6) is 0.727. The second kappa shape index (κ2) is 7.06. The second-order valence-corrected chi connectivity index (χ2v) is 6.15. The quantitative estimate of drug-likeness (QED) is 0.717. The third-order valence-corrected chi connectivity index (χ3v) is 4.47. The number of benzene rings is 1. The first-order chi connectivity index (χ1) is 12.0. The van der Waals surface area contributed by atoms with Gasteiger partial charge in [-0.2, -0.15) is 0 Å². The van der Waals surface area contributed by atoms with Crippen molar-refractivity contribution in [3.05, 3.63) is 47.8 Å². The number of amides is 1. The zero-order valence-electron chi connectivity index (χ0n) is 14.7. The van der Waals surface area contributed by atoms with Crippen LogP contribution in [-0.4, -0.2) is 48.6 Å². The van der Waals surface area contributed by atoms with Gasteiger partial charge >= 0.3 is 0 Å². The average molecular weight is 341 g/mol. The van der Waals surface area contributed by atoms with Crippen LogP contribution in [0.25, 0.3) is 11.0 Å². The van der Waals surface area contributed by atoms with E-state index in [0.717, 1.165) is 28.2 Å². The zero-order valence-corrected chi connectivity index (χ0v) is 14.7. The number of fused-ring (bicyclic) bond motifs is 1. The highest BCUT2D eigenvalue weighted by molar-refractivity contribution is 5.84. The Bertz CT molecular complexity index is 883. The Labute approximate surface area is 146 Å². The molecule has 0 radical (unpaired) electrons. The third kappa shape index (κ3) is 3.28. The van der Waals surface area contributed by atoms with Crippen molar-refractivity contribution >= 4 is 16.9 Å². The van der Waals surface area contributed by atoms with E-state index in [1.54, 1.807) is 11.2 Å². The number of aliphatic hydroxyl groups excluding tert-OH is 1. The molecular weight excluding hydrogens is 318 g/mol. The van der Waals surface area contributed by atoms with Crippen LogP contribution in [0.3, 0.4) is 0 Å². The number of para-hydroxylation sites is 2. The predicted octanol–water partition coefficient (Wildman–Crippen LogP) is 1.96. The number of carbonyl (C=O) groups excluding carboxylic acids is 1. The number of rotatable bonds is 6. The van der Waals surface area contributed by atoms with Crippen LogP contribution in [0.4, 0.5) is 0 Å². The number of H-pyrrole nitrogens is 1. The molecule has 0 bridgehead atoms. The van der Waals surface area contributed by atoms with Crippen molar-refractivity contribution in [3.8, 4) is 0 Å². The summed E-state index contributed by atoms with van der Waals surface area (Å²) in [7, 11) is 0. The highest BCUT2D eigenvalue weighted by Gasteiger charge is 2.25. The molecule has 0 aliphatic rings. The number of aryl methyl sites for hydroxylation is 2. The first-order valence-electron chi connectivity index (χ1n) is 8.35. The van der Waals surface area contributed by atoms with Crippen LogP contribution in [0.1, 0.15) is 30.2 Å². The molecule has 7 nitrogen and oxygen atoms in total. The first kappa shape index (κ1) is 17.2. The summed E-state index contributed by atoms with van der Waals surface area (Å²) in [4.78, 5) is 26.5. The molecule has 1 unspecified atom stereocenters. The van der Waals surface area contributed by atoms with Crippen LogP contribution >= 0.6 is 0 Å². The molecule has 2 aromatic heterocycles. The van der Waals surface area contributed by atoms with Crippen LogP contribution in [0.15, 0.2) is 30.6 Å². The van der Waals surface area contributed by atoms with Gasteiger partial charge in [-0.05, 0) is 32.9 Å². The fourth-order valence-corrected chi connectivity index (χ4v) is 3.14. The molecule has 0 aliphatic heterocycles. The molecule has 0 fully saturated rings. The lowest BCUT2D eigenvalue weighted by Crippen LogP contribution is -2.38. The van der Waals surface area contributed by atoms with Crippen molar-refractivity contribution in [2.75, 3.05) is 13.2 Å². The molecular formula is C18H23N5O2. The molecule has 7 heteroatoms. The summed E-state index contributed by atoms with van der Waals surface area (Å²) < 4.78 is 1.94. The summed E-state index contributed by atoms with van der Waals surface area (Å²) in [6.45, 7) is 6.22.